The minimum atomic E-state index is -0.0536. The van der Waals surface area contributed by atoms with Crippen LogP contribution in [-0.4, -0.2) is 19.0 Å². The van der Waals surface area contributed by atoms with Gasteiger partial charge < -0.3 is 5.32 Å². The maximum Gasteiger partial charge on any atom is 0.261 e. The molecule has 0 saturated carbocycles. The summed E-state index contributed by atoms with van der Waals surface area (Å²) in [6.07, 6.45) is 0.666. The van der Waals surface area contributed by atoms with E-state index in [0.29, 0.717) is 19.5 Å². The summed E-state index contributed by atoms with van der Waals surface area (Å²) in [5.41, 5.74) is 9.20. The first-order valence-electron chi connectivity index (χ1n) is 5.01. The molecule has 0 aliphatic heterocycles. The van der Waals surface area contributed by atoms with Crippen LogP contribution >= 0.6 is 11.3 Å². The van der Waals surface area contributed by atoms with Gasteiger partial charge in [-0.2, -0.15) is 0 Å². The van der Waals surface area contributed by atoms with Crippen molar-refractivity contribution in [2.45, 2.75) is 20.3 Å². The van der Waals surface area contributed by atoms with E-state index in [-0.39, 0.29) is 5.91 Å². The van der Waals surface area contributed by atoms with Crippen LogP contribution in [0.2, 0.25) is 0 Å². The smallest absolute Gasteiger partial charge is 0.261 e. The lowest BCUT2D eigenvalue weighted by atomic mass is 10.3. The molecule has 0 unspecified atom stereocenters. The van der Waals surface area contributed by atoms with Gasteiger partial charge in [-0.1, -0.05) is 5.11 Å². The van der Waals surface area contributed by atoms with Crippen molar-refractivity contribution in [2.24, 2.45) is 5.11 Å². The Hall–Kier alpha value is -1.52. The second-order valence-corrected chi connectivity index (χ2v) is 4.67. The predicted molar refractivity (Wildman–Crippen MR) is 64.8 cm³/mol. The number of nitrogens with one attached hydrogen (secondary N) is 1. The Labute approximate surface area is 98.1 Å². The first-order valence-corrected chi connectivity index (χ1v) is 5.83. The molecule has 6 heteroatoms. The summed E-state index contributed by atoms with van der Waals surface area (Å²) < 4.78 is 0. The van der Waals surface area contributed by atoms with E-state index in [1.807, 2.05) is 19.9 Å². The highest BCUT2D eigenvalue weighted by atomic mass is 32.1. The van der Waals surface area contributed by atoms with E-state index in [0.717, 1.165) is 10.4 Å². The predicted octanol–water partition coefficient (Wildman–Crippen LogP) is 2.80. The number of hydrogen-bond donors (Lipinski definition) is 1. The Morgan fingerprint density at radius 3 is 2.94 bits per heavy atom. The van der Waals surface area contributed by atoms with Crippen LogP contribution in [0, 0.1) is 13.8 Å². The lowest BCUT2D eigenvalue weighted by Crippen LogP contribution is -2.23. The standard InChI is InChI=1S/C10H14N4OS/c1-7-6-9(16-8(7)2)10(15)12-4-3-5-13-14-11/h6H,3-5H2,1-2H3,(H,12,15). The quantitative estimate of drug-likeness (QED) is 0.364. The van der Waals surface area contributed by atoms with E-state index in [2.05, 4.69) is 15.3 Å². The molecule has 86 valence electrons. The van der Waals surface area contributed by atoms with Gasteiger partial charge in [0.25, 0.3) is 5.91 Å². The average Bonchev–Trinajstić information content (AvgIpc) is 2.59. The molecule has 0 atom stereocenters. The van der Waals surface area contributed by atoms with E-state index in [1.165, 1.54) is 16.2 Å². The number of hydrogen-bond acceptors (Lipinski definition) is 3. The molecule has 0 spiro atoms. The number of rotatable bonds is 5. The van der Waals surface area contributed by atoms with Crippen molar-refractivity contribution < 1.29 is 4.79 Å². The highest BCUT2D eigenvalue weighted by Gasteiger charge is 2.09. The Kier molecular flexibility index (Phi) is 4.82. The molecule has 5 nitrogen and oxygen atoms in total. The Morgan fingerprint density at radius 2 is 2.38 bits per heavy atom. The molecule has 0 radical (unpaired) electrons. The fraction of sp³-hybridized carbons (Fsp3) is 0.500. The zero-order valence-electron chi connectivity index (χ0n) is 9.36. The number of nitrogens with zero attached hydrogens (tertiary/aromatic N) is 3. The van der Waals surface area contributed by atoms with E-state index < -0.39 is 0 Å². The molecule has 0 bridgehead atoms. The molecular weight excluding hydrogens is 224 g/mol. The van der Waals surface area contributed by atoms with Gasteiger partial charge >= 0.3 is 0 Å². The second-order valence-electron chi connectivity index (χ2n) is 3.41. The number of azide groups is 1. The fourth-order valence-electron chi connectivity index (χ4n) is 1.17. The Bertz CT molecular complexity index is 401. The molecule has 1 aromatic heterocycles. The first kappa shape index (κ1) is 12.5. The van der Waals surface area contributed by atoms with Gasteiger partial charge in [-0.15, -0.1) is 11.3 Å². The zero-order valence-corrected chi connectivity index (χ0v) is 10.2. The molecule has 1 N–H and O–H groups in total. The van der Waals surface area contributed by atoms with Gasteiger partial charge in [0, 0.05) is 22.9 Å². The van der Waals surface area contributed by atoms with Crippen molar-refractivity contribution in [3.05, 3.63) is 31.8 Å². The van der Waals surface area contributed by atoms with Crippen LogP contribution in [0.4, 0.5) is 0 Å². The van der Waals surface area contributed by atoms with Crippen LogP contribution in [0.1, 0.15) is 26.5 Å². The third-order valence-corrected chi connectivity index (χ3v) is 3.32. The van der Waals surface area contributed by atoms with Crippen molar-refractivity contribution in [1.82, 2.24) is 5.32 Å². The zero-order chi connectivity index (χ0) is 12.0. The average molecular weight is 238 g/mol. The largest absolute Gasteiger partial charge is 0.351 e. The van der Waals surface area contributed by atoms with Crippen molar-refractivity contribution in [2.75, 3.05) is 13.1 Å². The van der Waals surface area contributed by atoms with Crippen LogP contribution in [0.25, 0.3) is 10.4 Å². The van der Waals surface area contributed by atoms with Gasteiger partial charge in [0.1, 0.15) is 0 Å². The van der Waals surface area contributed by atoms with Gasteiger partial charge in [0.2, 0.25) is 0 Å². The highest BCUT2D eigenvalue weighted by Crippen LogP contribution is 2.20. The van der Waals surface area contributed by atoms with Crippen LogP contribution < -0.4 is 5.32 Å². The summed E-state index contributed by atoms with van der Waals surface area (Å²) in [5, 5.41) is 6.18. The molecule has 0 aliphatic rings. The van der Waals surface area contributed by atoms with Gasteiger partial charge in [-0.05, 0) is 37.4 Å². The van der Waals surface area contributed by atoms with Crippen molar-refractivity contribution in [3.8, 4) is 0 Å². The molecule has 1 amide bonds. The van der Waals surface area contributed by atoms with Crippen molar-refractivity contribution in [3.63, 3.8) is 0 Å². The van der Waals surface area contributed by atoms with Crippen LogP contribution in [0.5, 0.6) is 0 Å². The lowest BCUT2D eigenvalue weighted by Gasteiger charge is -2.00. The maximum atomic E-state index is 11.6. The minimum absolute atomic E-state index is 0.0536. The number of thiophene rings is 1. The van der Waals surface area contributed by atoms with Crippen molar-refractivity contribution >= 4 is 17.2 Å². The third kappa shape index (κ3) is 3.56. The normalized spacial score (nSPS) is 9.62. The molecule has 1 aromatic rings. The van der Waals surface area contributed by atoms with Gasteiger partial charge in [-0.25, -0.2) is 0 Å². The summed E-state index contributed by atoms with van der Waals surface area (Å²) in [4.78, 5) is 16.2. The van der Waals surface area contributed by atoms with E-state index in [4.69, 9.17) is 5.53 Å². The topological polar surface area (TPSA) is 77.9 Å². The molecule has 1 heterocycles. The van der Waals surface area contributed by atoms with Crippen LogP contribution in [-0.2, 0) is 0 Å². The van der Waals surface area contributed by atoms with Crippen molar-refractivity contribution in [1.29, 1.82) is 0 Å². The molecular formula is C10H14N4OS. The second kappa shape index (κ2) is 6.15. The number of amides is 1. The van der Waals surface area contributed by atoms with Gasteiger partial charge in [0.15, 0.2) is 0 Å². The molecule has 0 fully saturated rings. The third-order valence-electron chi connectivity index (χ3n) is 2.17. The molecule has 1 rings (SSSR count). The molecule has 0 aromatic carbocycles. The van der Waals surface area contributed by atoms with E-state index >= 15 is 0 Å². The summed E-state index contributed by atoms with van der Waals surface area (Å²) in [6.45, 7) is 4.94. The number of carbonyl (C=O) groups is 1. The summed E-state index contributed by atoms with van der Waals surface area (Å²) in [6, 6.07) is 1.89. The number of aryl methyl sites for hydroxylation is 2. The van der Waals surface area contributed by atoms with Crippen LogP contribution in [0.3, 0.4) is 0 Å². The monoisotopic (exact) mass is 238 g/mol. The minimum Gasteiger partial charge on any atom is -0.351 e. The summed E-state index contributed by atoms with van der Waals surface area (Å²) in [5.74, 6) is -0.0536. The lowest BCUT2D eigenvalue weighted by molar-refractivity contribution is 0.0957. The van der Waals surface area contributed by atoms with Gasteiger partial charge in [0.05, 0.1) is 4.88 Å². The first-order chi connectivity index (χ1) is 7.65. The summed E-state index contributed by atoms with van der Waals surface area (Å²) >= 11 is 1.50. The summed E-state index contributed by atoms with van der Waals surface area (Å²) in [7, 11) is 0. The van der Waals surface area contributed by atoms with E-state index in [1.54, 1.807) is 0 Å². The fourth-order valence-corrected chi connectivity index (χ4v) is 2.12. The number of carbonyl (C=O) groups excluding carboxylic acids is 1. The van der Waals surface area contributed by atoms with E-state index in [9.17, 15) is 4.79 Å². The SMILES string of the molecule is Cc1cc(C(=O)NCCCN=[N+]=[N-])sc1C. The maximum absolute atomic E-state index is 11.6. The van der Waals surface area contributed by atoms with Crippen LogP contribution in [0.15, 0.2) is 11.2 Å². The Balaban J connectivity index is 2.38. The Morgan fingerprint density at radius 1 is 1.62 bits per heavy atom. The molecule has 0 aliphatic carbocycles. The van der Waals surface area contributed by atoms with Gasteiger partial charge in [-0.3, -0.25) is 4.79 Å². The molecule has 16 heavy (non-hydrogen) atoms. The highest BCUT2D eigenvalue weighted by molar-refractivity contribution is 7.14. The molecule has 0 saturated heterocycles.